The Kier molecular flexibility index (Phi) is 5.83. The van der Waals surface area contributed by atoms with Crippen molar-refractivity contribution in [1.82, 2.24) is 10.3 Å². The first-order valence-corrected chi connectivity index (χ1v) is 6.30. The van der Waals surface area contributed by atoms with Gasteiger partial charge in [0.1, 0.15) is 5.01 Å². The van der Waals surface area contributed by atoms with Gasteiger partial charge < -0.3 is 10.1 Å². The number of nitrogens with one attached hydrogen (secondary N) is 1. The fourth-order valence-corrected chi connectivity index (χ4v) is 2.51. The van der Waals surface area contributed by atoms with Gasteiger partial charge in [-0.05, 0) is 19.4 Å². The van der Waals surface area contributed by atoms with Crippen LogP contribution in [0.4, 0.5) is 0 Å². The maximum atomic E-state index is 5.09. The Morgan fingerprint density at radius 3 is 2.80 bits per heavy atom. The van der Waals surface area contributed by atoms with Crippen LogP contribution in [0, 0.1) is 0 Å². The van der Waals surface area contributed by atoms with Gasteiger partial charge in [-0.3, -0.25) is 0 Å². The van der Waals surface area contributed by atoms with Crippen molar-refractivity contribution in [2.45, 2.75) is 39.8 Å². The summed E-state index contributed by atoms with van der Waals surface area (Å²) in [7, 11) is 1.71. The van der Waals surface area contributed by atoms with E-state index in [0.29, 0.717) is 6.61 Å². The van der Waals surface area contributed by atoms with Crippen LogP contribution in [0.25, 0.3) is 0 Å². The highest BCUT2D eigenvalue weighted by Crippen LogP contribution is 2.19. The third-order valence-corrected chi connectivity index (χ3v) is 3.21. The molecule has 0 fully saturated rings. The molecule has 0 unspecified atom stereocenters. The van der Waals surface area contributed by atoms with Gasteiger partial charge in [-0.1, -0.05) is 13.8 Å². The largest absolute Gasteiger partial charge is 0.378 e. The molecule has 0 aliphatic carbocycles. The first-order valence-electron chi connectivity index (χ1n) is 5.48. The van der Waals surface area contributed by atoms with Gasteiger partial charge >= 0.3 is 0 Å². The molecule has 1 rings (SSSR count). The van der Waals surface area contributed by atoms with E-state index in [2.05, 4.69) is 24.1 Å². The third-order valence-electron chi connectivity index (χ3n) is 2.14. The summed E-state index contributed by atoms with van der Waals surface area (Å²) < 4.78 is 5.09. The zero-order valence-electron chi connectivity index (χ0n) is 9.80. The minimum atomic E-state index is 0.630. The Morgan fingerprint density at radius 1 is 1.40 bits per heavy atom. The number of hydrogen-bond acceptors (Lipinski definition) is 4. The lowest BCUT2D eigenvalue weighted by atomic mass is 10.3. The first-order chi connectivity index (χ1) is 7.31. The van der Waals surface area contributed by atoms with E-state index in [-0.39, 0.29) is 0 Å². The molecule has 0 spiro atoms. The lowest BCUT2D eigenvalue weighted by Gasteiger charge is -2.01. The fourth-order valence-electron chi connectivity index (χ4n) is 1.42. The molecule has 15 heavy (non-hydrogen) atoms. The maximum Gasteiger partial charge on any atom is 0.119 e. The molecule has 0 saturated carbocycles. The lowest BCUT2D eigenvalue weighted by Crippen LogP contribution is -2.13. The van der Waals surface area contributed by atoms with Gasteiger partial charge in [0, 0.05) is 18.5 Å². The highest BCUT2D eigenvalue weighted by molar-refractivity contribution is 7.11. The molecule has 0 amide bonds. The second-order valence-corrected chi connectivity index (χ2v) is 4.61. The zero-order chi connectivity index (χ0) is 11.1. The molecule has 0 saturated heterocycles. The van der Waals surface area contributed by atoms with Gasteiger partial charge in [0.2, 0.25) is 0 Å². The molecule has 1 N–H and O–H groups in total. The molecule has 0 aliphatic rings. The van der Waals surface area contributed by atoms with E-state index < -0.39 is 0 Å². The van der Waals surface area contributed by atoms with Crippen molar-refractivity contribution in [3.63, 3.8) is 0 Å². The Hall–Kier alpha value is -0.450. The van der Waals surface area contributed by atoms with Crippen LogP contribution in [0.1, 0.15) is 35.8 Å². The molecule has 4 heteroatoms. The van der Waals surface area contributed by atoms with E-state index in [1.54, 1.807) is 18.4 Å². The minimum absolute atomic E-state index is 0.630. The molecule has 1 heterocycles. The van der Waals surface area contributed by atoms with Gasteiger partial charge in [-0.25, -0.2) is 4.98 Å². The van der Waals surface area contributed by atoms with Crippen molar-refractivity contribution in [1.29, 1.82) is 0 Å². The van der Waals surface area contributed by atoms with Crippen molar-refractivity contribution in [2.75, 3.05) is 13.7 Å². The van der Waals surface area contributed by atoms with E-state index in [1.807, 2.05) is 0 Å². The molecular formula is C11H20N2OS. The Labute approximate surface area is 95.9 Å². The third kappa shape index (κ3) is 3.89. The predicted octanol–water partition coefficient (Wildman–Crippen LogP) is 2.35. The van der Waals surface area contributed by atoms with Crippen LogP contribution in [0.3, 0.4) is 0 Å². The van der Waals surface area contributed by atoms with Gasteiger partial charge in [-0.2, -0.15) is 0 Å². The molecular weight excluding hydrogens is 208 g/mol. The van der Waals surface area contributed by atoms with Crippen LogP contribution in [0.15, 0.2) is 0 Å². The average molecular weight is 228 g/mol. The molecule has 86 valence electrons. The number of nitrogens with zero attached hydrogens (tertiary/aromatic N) is 1. The van der Waals surface area contributed by atoms with Crippen molar-refractivity contribution in [3.8, 4) is 0 Å². The smallest absolute Gasteiger partial charge is 0.119 e. The van der Waals surface area contributed by atoms with Crippen LogP contribution in [0.2, 0.25) is 0 Å². The van der Waals surface area contributed by atoms with Crippen LogP contribution in [-0.4, -0.2) is 18.6 Å². The Balaban J connectivity index is 2.59. The van der Waals surface area contributed by atoms with E-state index in [0.717, 1.165) is 24.5 Å². The number of aryl methyl sites for hydroxylation is 1. The molecule has 1 aromatic rings. The molecule has 1 aromatic heterocycles. The highest BCUT2D eigenvalue weighted by Gasteiger charge is 2.08. The zero-order valence-corrected chi connectivity index (χ0v) is 10.6. The number of ether oxygens (including phenoxy) is 1. The lowest BCUT2D eigenvalue weighted by molar-refractivity contribution is 0.184. The molecule has 0 radical (unpaired) electrons. The number of rotatable bonds is 7. The summed E-state index contributed by atoms with van der Waals surface area (Å²) in [5, 5.41) is 4.50. The summed E-state index contributed by atoms with van der Waals surface area (Å²) in [5.41, 5.74) is 1.22. The summed E-state index contributed by atoms with van der Waals surface area (Å²) in [6.07, 6.45) is 2.18. The standard InChI is InChI=1S/C11H20N2OS/c1-4-6-12-7-10-9(5-2)13-11(15-10)8-14-3/h12H,4-8H2,1-3H3. The van der Waals surface area contributed by atoms with Crippen LogP contribution in [-0.2, 0) is 24.3 Å². The fraction of sp³-hybridized carbons (Fsp3) is 0.727. The quantitative estimate of drug-likeness (QED) is 0.727. The summed E-state index contributed by atoms with van der Waals surface area (Å²) in [6, 6.07) is 0. The van der Waals surface area contributed by atoms with E-state index in [1.165, 1.54) is 17.0 Å². The maximum absolute atomic E-state index is 5.09. The summed E-state index contributed by atoms with van der Waals surface area (Å²) in [5.74, 6) is 0. The monoisotopic (exact) mass is 228 g/mol. The van der Waals surface area contributed by atoms with Gasteiger partial charge in [0.15, 0.2) is 0 Å². The molecule has 0 atom stereocenters. The van der Waals surface area contributed by atoms with Crippen molar-refractivity contribution < 1.29 is 4.74 Å². The summed E-state index contributed by atoms with van der Waals surface area (Å²) in [6.45, 7) is 6.97. The Bertz CT molecular complexity index is 286. The summed E-state index contributed by atoms with van der Waals surface area (Å²) in [4.78, 5) is 5.91. The summed E-state index contributed by atoms with van der Waals surface area (Å²) >= 11 is 1.76. The van der Waals surface area contributed by atoms with E-state index in [9.17, 15) is 0 Å². The van der Waals surface area contributed by atoms with Crippen LogP contribution >= 0.6 is 11.3 Å². The Morgan fingerprint density at radius 2 is 2.20 bits per heavy atom. The molecule has 3 nitrogen and oxygen atoms in total. The minimum Gasteiger partial charge on any atom is -0.378 e. The van der Waals surface area contributed by atoms with Crippen molar-refractivity contribution in [2.24, 2.45) is 0 Å². The first kappa shape index (κ1) is 12.6. The normalized spacial score (nSPS) is 10.9. The van der Waals surface area contributed by atoms with Crippen LogP contribution in [0.5, 0.6) is 0 Å². The second-order valence-electron chi connectivity index (χ2n) is 3.44. The van der Waals surface area contributed by atoms with Crippen LogP contribution < -0.4 is 5.32 Å². The number of thiazole rings is 1. The van der Waals surface area contributed by atoms with E-state index >= 15 is 0 Å². The van der Waals surface area contributed by atoms with Gasteiger partial charge in [0.25, 0.3) is 0 Å². The highest BCUT2D eigenvalue weighted by atomic mass is 32.1. The van der Waals surface area contributed by atoms with Gasteiger partial charge in [0.05, 0.1) is 12.3 Å². The van der Waals surface area contributed by atoms with Gasteiger partial charge in [-0.15, -0.1) is 11.3 Å². The topological polar surface area (TPSA) is 34.1 Å². The van der Waals surface area contributed by atoms with E-state index in [4.69, 9.17) is 4.74 Å². The molecule has 0 aliphatic heterocycles. The second kappa shape index (κ2) is 6.93. The van der Waals surface area contributed by atoms with Crippen molar-refractivity contribution in [3.05, 3.63) is 15.6 Å². The van der Waals surface area contributed by atoms with Crippen molar-refractivity contribution >= 4 is 11.3 Å². The predicted molar refractivity (Wildman–Crippen MR) is 64.2 cm³/mol. The molecule has 0 aromatic carbocycles. The molecule has 0 bridgehead atoms. The number of aromatic nitrogens is 1. The average Bonchev–Trinajstić information content (AvgIpc) is 2.62. The SMILES string of the molecule is CCCNCc1sc(COC)nc1CC. The number of methoxy groups -OCH3 is 1. The number of hydrogen-bond donors (Lipinski definition) is 1.